The van der Waals surface area contributed by atoms with E-state index in [1.165, 1.54) is 0 Å². The quantitative estimate of drug-likeness (QED) is 0.498. The maximum Gasteiger partial charge on any atom is 0.195 e. The predicted octanol–water partition coefficient (Wildman–Crippen LogP) is 5.19. The molecule has 0 fully saturated rings. The van der Waals surface area contributed by atoms with Gasteiger partial charge in [0.1, 0.15) is 28.7 Å². The van der Waals surface area contributed by atoms with Crippen molar-refractivity contribution < 1.29 is 28.5 Å². The molecule has 3 aromatic rings. The van der Waals surface area contributed by atoms with E-state index in [4.69, 9.17) is 23.7 Å². The number of benzene rings is 3. The van der Waals surface area contributed by atoms with Gasteiger partial charge >= 0.3 is 0 Å². The number of rotatable bonds is 7. The molecular formula is C27H26O6. The van der Waals surface area contributed by atoms with Crippen molar-refractivity contribution in [3.63, 3.8) is 0 Å². The van der Waals surface area contributed by atoms with Crippen LogP contribution in [0.15, 0.2) is 48.5 Å². The molecule has 0 spiro atoms. The maximum atomic E-state index is 13.8. The lowest BCUT2D eigenvalue weighted by atomic mass is 9.93. The van der Waals surface area contributed by atoms with Crippen LogP contribution in [0.5, 0.6) is 28.7 Å². The fraction of sp³-hybridized carbons (Fsp3) is 0.222. The van der Waals surface area contributed by atoms with Gasteiger partial charge < -0.3 is 23.7 Å². The molecule has 1 aliphatic carbocycles. The molecule has 1 aliphatic rings. The van der Waals surface area contributed by atoms with Crippen molar-refractivity contribution in [1.29, 1.82) is 0 Å². The topological polar surface area (TPSA) is 63.2 Å². The van der Waals surface area contributed by atoms with Crippen LogP contribution in [0.2, 0.25) is 0 Å². The van der Waals surface area contributed by atoms with E-state index in [-0.39, 0.29) is 5.78 Å². The van der Waals surface area contributed by atoms with Crippen LogP contribution in [-0.2, 0) is 0 Å². The van der Waals surface area contributed by atoms with Crippen LogP contribution < -0.4 is 23.7 Å². The molecule has 0 heterocycles. The minimum Gasteiger partial charge on any atom is -0.497 e. The number of hydrogen-bond donors (Lipinski definition) is 0. The number of hydrogen-bond acceptors (Lipinski definition) is 6. The van der Waals surface area contributed by atoms with Crippen molar-refractivity contribution in [2.45, 2.75) is 6.92 Å². The molecule has 170 valence electrons. The molecule has 0 N–H and O–H groups in total. The molecule has 6 nitrogen and oxygen atoms in total. The molecule has 6 heteroatoms. The number of methoxy groups -OCH3 is 5. The molecule has 0 amide bonds. The van der Waals surface area contributed by atoms with Gasteiger partial charge in [-0.2, -0.15) is 0 Å². The molecule has 33 heavy (non-hydrogen) atoms. The van der Waals surface area contributed by atoms with E-state index in [0.29, 0.717) is 45.4 Å². The van der Waals surface area contributed by atoms with Crippen LogP contribution in [-0.4, -0.2) is 41.3 Å². The molecule has 3 aromatic carbocycles. The zero-order chi connectivity index (χ0) is 23.7. The van der Waals surface area contributed by atoms with Gasteiger partial charge in [0.2, 0.25) is 0 Å². The fourth-order valence-corrected chi connectivity index (χ4v) is 4.17. The Morgan fingerprint density at radius 1 is 0.576 bits per heavy atom. The van der Waals surface area contributed by atoms with E-state index in [0.717, 1.165) is 22.3 Å². The van der Waals surface area contributed by atoms with E-state index < -0.39 is 0 Å². The summed E-state index contributed by atoms with van der Waals surface area (Å²) in [5.74, 6) is 2.91. The highest BCUT2D eigenvalue weighted by Gasteiger charge is 2.35. The summed E-state index contributed by atoms with van der Waals surface area (Å²) in [4.78, 5) is 13.8. The smallest absolute Gasteiger partial charge is 0.195 e. The molecule has 0 radical (unpaired) electrons. The Morgan fingerprint density at radius 3 is 1.76 bits per heavy atom. The molecule has 0 saturated heterocycles. The van der Waals surface area contributed by atoms with Crippen LogP contribution in [0, 0.1) is 6.92 Å². The standard InChI is InChI=1S/C27H26O6/c1-15-7-8-16(11-22(15)32-5)25-24(17-9-18(29-2)12-19(10-17)30-3)26-21(27(25)28)13-20(31-4)14-23(26)33-6/h7-14H,1-6H3. The summed E-state index contributed by atoms with van der Waals surface area (Å²) in [6.45, 7) is 1.96. The molecule has 0 atom stereocenters. The van der Waals surface area contributed by atoms with Gasteiger partial charge in [-0.05, 0) is 47.9 Å². The largest absolute Gasteiger partial charge is 0.497 e. The first kappa shape index (κ1) is 22.3. The van der Waals surface area contributed by atoms with Gasteiger partial charge in [-0.25, -0.2) is 0 Å². The highest BCUT2D eigenvalue weighted by Crippen LogP contribution is 2.49. The number of carbonyl (C=O) groups excluding carboxylic acids is 1. The molecule has 0 unspecified atom stereocenters. The van der Waals surface area contributed by atoms with E-state index >= 15 is 0 Å². The summed E-state index contributed by atoms with van der Waals surface area (Å²) >= 11 is 0. The molecular weight excluding hydrogens is 420 g/mol. The van der Waals surface area contributed by atoms with Gasteiger partial charge in [-0.3, -0.25) is 4.79 Å². The maximum absolute atomic E-state index is 13.8. The van der Waals surface area contributed by atoms with Crippen molar-refractivity contribution in [3.8, 4) is 28.7 Å². The Bertz CT molecular complexity index is 1250. The first-order valence-corrected chi connectivity index (χ1v) is 10.4. The Kier molecular flexibility index (Phi) is 6.01. The monoisotopic (exact) mass is 446 g/mol. The molecule has 0 saturated carbocycles. The Labute approximate surface area is 193 Å². The summed E-state index contributed by atoms with van der Waals surface area (Å²) < 4.78 is 27.7. The highest BCUT2D eigenvalue weighted by atomic mass is 16.5. The third kappa shape index (κ3) is 3.78. The van der Waals surface area contributed by atoms with Gasteiger partial charge in [-0.15, -0.1) is 0 Å². The number of carbonyl (C=O) groups is 1. The minimum absolute atomic E-state index is 0.120. The second-order valence-electron chi connectivity index (χ2n) is 7.62. The summed E-state index contributed by atoms with van der Waals surface area (Å²) in [5.41, 5.74) is 5.00. The van der Waals surface area contributed by atoms with Crippen LogP contribution in [0.4, 0.5) is 0 Å². The summed E-state index contributed by atoms with van der Waals surface area (Å²) in [7, 11) is 7.95. The Hall–Kier alpha value is -3.93. The lowest BCUT2D eigenvalue weighted by Gasteiger charge is -2.15. The van der Waals surface area contributed by atoms with Crippen molar-refractivity contribution in [3.05, 3.63) is 76.3 Å². The van der Waals surface area contributed by atoms with Crippen LogP contribution in [0.1, 0.15) is 32.6 Å². The third-order valence-corrected chi connectivity index (χ3v) is 5.84. The van der Waals surface area contributed by atoms with Crippen molar-refractivity contribution in [2.75, 3.05) is 35.5 Å². The van der Waals surface area contributed by atoms with Gasteiger partial charge in [-0.1, -0.05) is 12.1 Å². The average molecular weight is 446 g/mol. The normalized spacial score (nSPS) is 12.5. The van der Waals surface area contributed by atoms with E-state index in [2.05, 4.69) is 0 Å². The number of aryl methyl sites for hydroxylation is 1. The first-order chi connectivity index (χ1) is 15.9. The molecule has 4 rings (SSSR count). The Morgan fingerprint density at radius 2 is 1.18 bits per heavy atom. The van der Waals surface area contributed by atoms with Crippen LogP contribution in [0.25, 0.3) is 11.1 Å². The van der Waals surface area contributed by atoms with E-state index in [9.17, 15) is 4.79 Å². The predicted molar refractivity (Wildman–Crippen MR) is 127 cm³/mol. The number of fused-ring (bicyclic) bond motifs is 1. The number of Topliss-reactive ketones (excluding diaryl/α,β-unsaturated/α-hetero) is 1. The summed E-state index contributed by atoms with van der Waals surface area (Å²) in [6, 6.07) is 14.8. The number of allylic oxidation sites excluding steroid dienone is 1. The van der Waals surface area contributed by atoms with Crippen molar-refractivity contribution in [2.24, 2.45) is 0 Å². The highest BCUT2D eigenvalue weighted by molar-refractivity contribution is 6.42. The van der Waals surface area contributed by atoms with Gasteiger partial charge in [0.25, 0.3) is 0 Å². The van der Waals surface area contributed by atoms with Gasteiger partial charge in [0.05, 0.1) is 35.5 Å². The third-order valence-electron chi connectivity index (χ3n) is 5.84. The number of ketones is 1. The lowest BCUT2D eigenvalue weighted by molar-refractivity contribution is 0.105. The van der Waals surface area contributed by atoms with Crippen LogP contribution >= 0.6 is 0 Å². The molecule has 0 bridgehead atoms. The zero-order valence-electron chi connectivity index (χ0n) is 19.6. The average Bonchev–Trinajstić information content (AvgIpc) is 3.15. The van der Waals surface area contributed by atoms with Crippen molar-refractivity contribution in [1.82, 2.24) is 0 Å². The summed E-state index contributed by atoms with van der Waals surface area (Å²) in [6.07, 6.45) is 0. The van der Waals surface area contributed by atoms with Crippen LogP contribution in [0.3, 0.4) is 0 Å². The number of ether oxygens (including phenoxy) is 5. The zero-order valence-corrected chi connectivity index (χ0v) is 19.6. The SMILES string of the molecule is COc1cc(OC)cc(C2=C(c3ccc(C)c(OC)c3)C(=O)c3cc(OC)cc(OC)c32)c1. The second-order valence-corrected chi connectivity index (χ2v) is 7.62. The van der Waals surface area contributed by atoms with Crippen molar-refractivity contribution >= 4 is 16.9 Å². The first-order valence-electron chi connectivity index (χ1n) is 10.4. The van der Waals surface area contributed by atoms with Gasteiger partial charge in [0.15, 0.2) is 5.78 Å². The summed E-state index contributed by atoms with van der Waals surface area (Å²) in [5, 5.41) is 0. The lowest BCUT2D eigenvalue weighted by Crippen LogP contribution is -2.01. The molecule has 0 aliphatic heterocycles. The molecule has 0 aromatic heterocycles. The Balaban J connectivity index is 2.10. The van der Waals surface area contributed by atoms with Gasteiger partial charge in [0, 0.05) is 34.4 Å². The van der Waals surface area contributed by atoms with E-state index in [1.807, 2.05) is 37.3 Å². The fourth-order valence-electron chi connectivity index (χ4n) is 4.17. The minimum atomic E-state index is -0.120. The van der Waals surface area contributed by atoms with E-state index in [1.54, 1.807) is 53.7 Å². The second kappa shape index (κ2) is 8.90.